The van der Waals surface area contributed by atoms with Crippen molar-refractivity contribution in [3.8, 4) is 5.75 Å². The first kappa shape index (κ1) is 28.8. The molecular formula is C30H34F4N2O3. The average Bonchev–Trinajstić information content (AvgIpc) is 2.91. The summed E-state index contributed by atoms with van der Waals surface area (Å²) in [5.41, 5.74) is 1.45. The number of hydrogen-bond acceptors (Lipinski definition) is 4. The van der Waals surface area contributed by atoms with E-state index in [2.05, 4.69) is 9.88 Å². The molecule has 3 aromatic rings. The van der Waals surface area contributed by atoms with Crippen LogP contribution >= 0.6 is 0 Å². The van der Waals surface area contributed by atoms with Gasteiger partial charge in [0.05, 0.1) is 18.2 Å². The van der Waals surface area contributed by atoms with Crippen molar-refractivity contribution in [2.75, 3.05) is 26.7 Å². The summed E-state index contributed by atoms with van der Waals surface area (Å²) >= 11 is 0. The third-order valence-corrected chi connectivity index (χ3v) is 7.74. The number of pyridine rings is 1. The molecule has 0 radical (unpaired) electrons. The molecule has 1 aliphatic heterocycles. The molecule has 3 atom stereocenters. The van der Waals surface area contributed by atoms with Crippen LogP contribution in [0, 0.1) is 11.8 Å². The first-order chi connectivity index (χ1) is 18.6. The van der Waals surface area contributed by atoms with Gasteiger partial charge in [0, 0.05) is 24.5 Å². The van der Waals surface area contributed by atoms with Crippen molar-refractivity contribution in [2.24, 2.45) is 11.8 Å². The van der Waals surface area contributed by atoms with Gasteiger partial charge in [0.1, 0.15) is 11.9 Å². The SMILES string of the molecule is COc1ccc2nccc([C@H](F)CC[C@@H]3CCN(CCCc4ccc(C(F)(F)F)cc4)C[C@@H]3CC(=O)O)c2c1. The molecule has 0 aliphatic carbocycles. The lowest BCUT2D eigenvalue weighted by Crippen LogP contribution is -2.42. The Morgan fingerprint density at radius 2 is 1.92 bits per heavy atom. The predicted molar refractivity (Wildman–Crippen MR) is 141 cm³/mol. The molecule has 0 amide bonds. The van der Waals surface area contributed by atoms with Crippen molar-refractivity contribution >= 4 is 16.9 Å². The van der Waals surface area contributed by atoms with Gasteiger partial charge in [-0.25, -0.2) is 4.39 Å². The van der Waals surface area contributed by atoms with E-state index in [1.54, 1.807) is 37.6 Å². The number of ether oxygens (including phenoxy) is 1. The summed E-state index contributed by atoms with van der Waals surface area (Å²) in [5, 5.41) is 10.2. The molecule has 9 heteroatoms. The van der Waals surface area contributed by atoms with E-state index in [0.29, 0.717) is 48.0 Å². The van der Waals surface area contributed by atoms with Crippen molar-refractivity contribution in [2.45, 2.75) is 50.9 Å². The molecule has 1 aliphatic rings. The molecule has 39 heavy (non-hydrogen) atoms. The fourth-order valence-electron chi connectivity index (χ4n) is 5.62. The third-order valence-electron chi connectivity index (χ3n) is 7.74. The number of carboxylic acid groups (broad SMARTS) is 1. The van der Waals surface area contributed by atoms with Gasteiger partial charge >= 0.3 is 12.1 Å². The number of carbonyl (C=O) groups is 1. The zero-order chi connectivity index (χ0) is 28.0. The number of benzene rings is 2. The largest absolute Gasteiger partial charge is 0.497 e. The van der Waals surface area contributed by atoms with Crippen LogP contribution in [0.3, 0.4) is 0 Å². The van der Waals surface area contributed by atoms with Gasteiger partial charge in [-0.3, -0.25) is 9.78 Å². The Balaban J connectivity index is 1.32. The van der Waals surface area contributed by atoms with Crippen molar-refractivity contribution in [3.05, 3.63) is 71.4 Å². The quantitative estimate of drug-likeness (QED) is 0.260. The molecule has 0 bridgehead atoms. The van der Waals surface area contributed by atoms with Crippen molar-refractivity contribution in [1.29, 1.82) is 0 Å². The van der Waals surface area contributed by atoms with Gasteiger partial charge in [0.2, 0.25) is 0 Å². The monoisotopic (exact) mass is 546 g/mol. The number of aromatic nitrogens is 1. The molecule has 4 rings (SSSR count). The number of halogens is 4. The van der Waals surface area contributed by atoms with Gasteiger partial charge in [-0.1, -0.05) is 12.1 Å². The number of hydrogen-bond donors (Lipinski definition) is 1. The molecule has 1 fully saturated rings. The summed E-state index contributed by atoms with van der Waals surface area (Å²) in [6.07, 6.45) is -0.817. The standard InChI is InChI=1S/C30H34F4N2O3/c1-39-24-9-11-28-26(18-24)25(12-14-35-28)27(31)10-6-21-13-16-36(19-22(21)17-29(37)38)15-2-3-20-4-7-23(8-5-20)30(32,33)34/h4-5,7-9,11-12,14,18,21-22,27H,2-3,6,10,13,15-17,19H2,1H3,(H,37,38)/t21-,22+,27-/m1/s1. The fraction of sp³-hybridized carbons (Fsp3) is 0.467. The van der Waals surface area contributed by atoms with Gasteiger partial charge in [0.15, 0.2) is 0 Å². The molecule has 210 valence electrons. The average molecular weight is 547 g/mol. The van der Waals surface area contributed by atoms with Crippen LogP contribution in [0.4, 0.5) is 17.6 Å². The zero-order valence-electron chi connectivity index (χ0n) is 22.0. The van der Waals surface area contributed by atoms with E-state index in [1.807, 2.05) is 0 Å². The number of alkyl halides is 4. The highest BCUT2D eigenvalue weighted by Gasteiger charge is 2.32. The van der Waals surface area contributed by atoms with Gasteiger partial charge in [-0.15, -0.1) is 0 Å². The number of likely N-dealkylation sites (tertiary alicyclic amines) is 1. The number of carboxylic acids is 1. The maximum absolute atomic E-state index is 15.5. The van der Waals surface area contributed by atoms with Crippen LogP contribution in [0.15, 0.2) is 54.7 Å². The maximum atomic E-state index is 15.5. The van der Waals surface area contributed by atoms with Gasteiger partial charge in [-0.2, -0.15) is 13.2 Å². The molecule has 0 saturated carbocycles. The molecule has 5 nitrogen and oxygen atoms in total. The number of aliphatic carboxylic acids is 1. The van der Waals surface area contributed by atoms with Crippen molar-refractivity contribution in [3.63, 3.8) is 0 Å². The molecule has 1 aromatic heterocycles. The normalized spacial score (nSPS) is 19.2. The molecule has 0 spiro atoms. The second kappa shape index (κ2) is 12.8. The second-order valence-corrected chi connectivity index (χ2v) is 10.3. The highest BCUT2D eigenvalue weighted by atomic mass is 19.4. The fourth-order valence-corrected chi connectivity index (χ4v) is 5.62. The number of piperidine rings is 1. The lowest BCUT2D eigenvalue weighted by Gasteiger charge is -2.38. The van der Waals surface area contributed by atoms with Crippen molar-refractivity contribution < 1.29 is 32.2 Å². The maximum Gasteiger partial charge on any atom is 0.416 e. The van der Waals surface area contributed by atoms with E-state index in [-0.39, 0.29) is 18.3 Å². The molecule has 1 saturated heterocycles. The second-order valence-electron chi connectivity index (χ2n) is 10.3. The summed E-state index contributed by atoms with van der Waals surface area (Å²) in [6, 6.07) is 12.3. The van der Waals surface area contributed by atoms with Crippen LogP contribution in [-0.2, 0) is 17.4 Å². The van der Waals surface area contributed by atoms with Crippen LogP contribution in [0.5, 0.6) is 5.75 Å². The minimum atomic E-state index is -4.34. The summed E-state index contributed by atoms with van der Waals surface area (Å²) in [6.45, 7) is 2.15. The van der Waals surface area contributed by atoms with Crippen LogP contribution in [0.25, 0.3) is 10.9 Å². The number of rotatable bonds is 11. The zero-order valence-corrected chi connectivity index (χ0v) is 22.0. The van der Waals surface area contributed by atoms with Gasteiger partial charge in [0.25, 0.3) is 0 Å². The van der Waals surface area contributed by atoms with Crippen LogP contribution < -0.4 is 4.74 Å². The Bertz CT molecular complexity index is 1250. The van der Waals surface area contributed by atoms with E-state index < -0.39 is 23.9 Å². The Labute approximate surface area is 225 Å². The minimum absolute atomic E-state index is 0.0341. The molecule has 2 aromatic carbocycles. The molecule has 2 heterocycles. The third kappa shape index (κ3) is 7.68. The number of aryl methyl sites for hydroxylation is 1. The van der Waals surface area contributed by atoms with Crippen molar-refractivity contribution in [1.82, 2.24) is 9.88 Å². The van der Waals surface area contributed by atoms with Crippen LogP contribution in [0.1, 0.15) is 55.0 Å². The first-order valence-corrected chi connectivity index (χ1v) is 13.3. The van der Waals surface area contributed by atoms with Crippen LogP contribution in [0.2, 0.25) is 0 Å². The Morgan fingerprint density at radius 1 is 1.15 bits per heavy atom. The highest BCUT2D eigenvalue weighted by molar-refractivity contribution is 5.83. The lowest BCUT2D eigenvalue weighted by atomic mass is 9.79. The number of fused-ring (bicyclic) bond motifs is 1. The van der Waals surface area contributed by atoms with E-state index in [1.165, 1.54) is 12.1 Å². The van der Waals surface area contributed by atoms with Crippen LogP contribution in [-0.4, -0.2) is 47.7 Å². The Hall–Kier alpha value is -3.20. The van der Waals surface area contributed by atoms with E-state index >= 15 is 4.39 Å². The van der Waals surface area contributed by atoms with E-state index in [0.717, 1.165) is 43.6 Å². The van der Waals surface area contributed by atoms with E-state index in [9.17, 15) is 23.1 Å². The Kier molecular flexibility index (Phi) is 9.43. The smallest absolute Gasteiger partial charge is 0.416 e. The van der Waals surface area contributed by atoms with Gasteiger partial charge in [-0.05, 0) is 105 Å². The molecule has 0 unspecified atom stereocenters. The van der Waals surface area contributed by atoms with Gasteiger partial charge < -0.3 is 14.7 Å². The molecular weight excluding hydrogens is 512 g/mol. The molecule has 1 N–H and O–H groups in total. The first-order valence-electron chi connectivity index (χ1n) is 13.3. The number of nitrogens with zero attached hydrogens (tertiary/aromatic N) is 2. The summed E-state index contributed by atoms with van der Waals surface area (Å²) in [5.74, 6) is -0.200. The number of methoxy groups -OCH3 is 1. The summed E-state index contributed by atoms with van der Waals surface area (Å²) in [4.78, 5) is 18.1. The topological polar surface area (TPSA) is 62.7 Å². The Morgan fingerprint density at radius 3 is 2.62 bits per heavy atom. The predicted octanol–water partition coefficient (Wildman–Crippen LogP) is 7.10. The highest BCUT2D eigenvalue weighted by Crippen LogP contribution is 2.36. The van der Waals surface area contributed by atoms with E-state index in [4.69, 9.17) is 4.74 Å². The summed E-state index contributed by atoms with van der Waals surface area (Å²) < 4.78 is 59.1. The minimum Gasteiger partial charge on any atom is -0.497 e. The lowest BCUT2D eigenvalue weighted by molar-refractivity contribution is -0.139. The summed E-state index contributed by atoms with van der Waals surface area (Å²) in [7, 11) is 1.56.